The third kappa shape index (κ3) is 3.89. The first-order valence-electron chi connectivity index (χ1n) is 5.62. The number of aliphatic hydroxyl groups excluding tert-OH is 1. The minimum atomic E-state index is -0.356. The molecule has 1 rings (SSSR count). The molecule has 6 heteroatoms. The van der Waals surface area contributed by atoms with E-state index in [0.29, 0.717) is 17.1 Å². The molecule has 0 spiro atoms. The summed E-state index contributed by atoms with van der Waals surface area (Å²) < 4.78 is 13.5. The Balaban J connectivity index is 2.72. The van der Waals surface area contributed by atoms with Crippen molar-refractivity contribution in [1.29, 1.82) is 0 Å². The SMILES string of the molecule is CCN(CCO)C(=O)Nc1ccc(SC)c(F)c1. The Labute approximate surface area is 110 Å². The van der Waals surface area contributed by atoms with E-state index in [1.807, 2.05) is 6.92 Å². The van der Waals surface area contributed by atoms with E-state index in [0.717, 1.165) is 0 Å². The van der Waals surface area contributed by atoms with E-state index in [9.17, 15) is 9.18 Å². The Bertz CT molecular complexity index is 415. The second-order valence-electron chi connectivity index (χ2n) is 3.58. The molecule has 0 atom stereocenters. The number of nitrogens with zero attached hydrogens (tertiary/aromatic N) is 1. The molecule has 0 radical (unpaired) electrons. The van der Waals surface area contributed by atoms with Gasteiger partial charge in [0.1, 0.15) is 5.82 Å². The first kappa shape index (κ1) is 14.8. The van der Waals surface area contributed by atoms with Crippen LogP contribution in [0.15, 0.2) is 23.1 Å². The highest BCUT2D eigenvalue weighted by molar-refractivity contribution is 7.98. The summed E-state index contributed by atoms with van der Waals surface area (Å²) in [6.07, 6.45) is 1.79. The van der Waals surface area contributed by atoms with Crippen molar-refractivity contribution >= 4 is 23.5 Å². The fourth-order valence-electron chi connectivity index (χ4n) is 1.47. The Morgan fingerprint density at radius 2 is 2.28 bits per heavy atom. The number of thioether (sulfide) groups is 1. The number of carbonyl (C=O) groups is 1. The normalized spacial score (nSPS) is 10.2. The second kappa shape index (κ2) is 7.23. The van der Waals surface area contributed by atoms with Crippen LogP contribution in [0.3, 0.4) is 0 Å². The van der Waals surface area contributed by atoms with E-state index < -0.39 is 0 Å². The van der Waals surface area contributed by atoms with Gasteiger partial charge in [0.05, 0.1) is 6.61 Å². The number of nitrogens with one attached hydrogen (secondary N) is 1. The third-order valence-electron chi connectivity index (χ3n) is 2.44. The molecular weight excluding hydrogens is 255 g/mol. The third-order valence-corrected chi connectivity index (χ3v) is 3.21. The van der Waals surface area contributed by atoms with Crippen molar-refractivity contribution in [3.05, 3.63) is 24.0 Å². The summed E-state index contributed by atoms with van der Waals surface area (Å²) >= 11 is 1.31. The molecule has 18 heavy (non-hydrogen) atoms. The van der Waals surface area contributed by atoms with Crippen LogP contribution in [-0.4, -0.2) is 42.0 Å². The minimum absolute atomic E-state index is 0.0962. The van der Waals surface area contributed by atoms with E-state index in [4.69, 9.17) is 5.11 Å². The van der Waals surface area contributed by atoms with Crippen LogP contribution >= 0.6 is 11.8 Å². The van der Waals surface area contributed by atoms with E-state index in [-0.39, 0.29) is 25.0 Å². The number of hydrogen-bond donors (Lipinski definition) is 2. The summed E-state index contributed by atoms with van der Waals surface area (Å²) in [4.78, 5) is 13.8. The molecule has 0 heterocycles. The molecule has 0 aliphatic rings. The number of anilines is 1. The Morgan fingerprint density at radius 3 is 2.78 bits per heavy atom. The number of rotatable bonds is 5. The summed E-state index contributed by atoms with van der Waals surface area (Å²) in [7, 11) is 0. The van der Waals surface area contributed by atoms with Crippen LogP contribution in [0.1, 0.15) is 6.92 Å². The predicted molar refractivity (Wildman–Crippen MR) is 71.5 cm³/mol. The predicted octanol–water partition coefficient (Wildman–Crippen LogP) is 2.39. The molecule has 100 valence electrons. The number of urea groups is 1. The molecule has 0 fully saturated rings. The Hall–Kier alpha value is -1.27. The summed E-state index contributed by atoms with van der Waals surface area (Å²) in [6.45, 7) is 2.46. The Morgan fingerprint density at radius 1 is 1.56 bits per heavy atom. The van der Waals surface area contributed by atoms with Gasteiger partial charge in [0.25, 0.3) is 0 Å². The first-order chi connectivity index (χ1) is 8.62. The van der Waals surface area contributed by atoms with Crippen LogP contribution < -0.4 is 5.32 Å². The maximum absolute atomic E-state index is 13.5. The number of benzene rings is 1. The zero-order valence-electron chi connectivity index (χ0n) is 10.4. The minimum Gasteiger partial charge on any atom is -0.395 e. The van der Waals surface area contributed by atoms with Gasteiger partial charge in [0.15, 0.2) is 0 Å². The maximum Gasteiger partial charge on any atom is 0.321 e. The number of carbonyl (C=O) groups excluding carboxylic acids is 1. The van der Waals surface area contributed by atoms with Gasteiger partial charge >= 0.3 is 6.03 Å². The van der Waals surface area contributed by atoms with Gasteiger partial charge in [0, 0.05) is 23.7 Å². The van der Waals surface area contributed by atoms with E-state index >= 15 is 0 Å². The Kier molecular flexibility index (Phi) is 5.94. The van der Waals surface area contributed by atoms with Crippen molar-refractivity contribution in [3.8, 4) is 0 Å². The molecule has 0 saturated heterocycles. The molecule has 0 aliphatic heterocycles. The number of aliphatic hydroxyl groups is 1. The highest BCUT2D eigenvalue weighted by Crippen LogP contribution is 2.22. The van der Waals surface area contributed by atoms with Gasteiger partial charge in [0.2, 0.25) is 0 Å². The lowest BCUT2D eigenvalue weighted by molar-refractivity contribution is 0.192. The number of amides is 2. The van der Waals surface area contributed by atoms with Crippen molar-refractivity contribution in [3.63, 3.8) is 0 Å². The van der Waals surface area contributed by atoms with Crippen LogP contribution in [0.5, 0.6) is 0 Å². The van der Waals surface area contributed by atoms with Gasteiger partial charge in [-0.2, -0.15) is 0 Å². The molecule has 0 unspecified atom stereocenters. The monoisotopic (exact) mass is 272 g/mol. The van der Waals surface area contributed by atoms with Crippen molar-refractivity contribution < 1.29 is 14.3 Å². The molecular formula is C12H17FN2O2S. The van der Waals surface area contributed by atoms with Gasteiger partial charge in [-0.05, 0) is 31.4 Å². The zero-order chi connectivity index (χ0) is 13.5. The van der Waals surface area contributed by atoms with Gasteiger partial charge in [-0.15, -0.1) is 11.8 Å². The molecule has 0 aromatic heterocycles. The highest BCUT2D eigenvalue weighted by Gasteiger charge is 2.11. The van der Waals surface area contributed by atoms with Crippen LogP contribution in [0.4, 0.5) is 14.9 Å². The van der Waals surface area contributed by atoms with Gasteiger partial charge in [-0.1, -0.05) is 0 Å². The fourth-order valence-corrected chi connectivity index (χ4v) is 1.93. The topological polar surface area (TPSA) is 52.6 Å². The van der Waals surface area contributed by atoms with Crippen molar-refractivity contribution in [2.45, 2.75) is 11.8 Å². The van der Waals surface area contributed by atoms with Crippen LogP contribution in [0, 0.1) is 5.82 Å². The average molecular weight is 272 g/mol. The van der Waals surface area contributed by atoms with Gasteiger partial charge in [-0.3, -0.25) is 0 Å². The lowest BCUT2D eigenvalue weighted by Crippen LogP contribution is -2.36. The first-order valence-corrected chi connectivity index (χ1v) is 6.85. The van der Waals surface area contributed by atoms with E-state index in [1.54, 1.807) is 18.4 Å². The molecule has 0 aliphatic carbocycles. The largest absolute Gasteiger partial charge is 0.395 e. The van der Waals surface area contributed by atoms with Crippen molar-refractivity contribution in [2.24, 2.45) is 0 Å². The fraction of sp³-hybridized carbons (Fsp3) is 0.417. The molecule has 1 aromatic rings. The summed E-state index contributed by atoms with van der Waals surface area (Å²) in [6, 6.07) is 4.22. The molecule has 0 bridgehead atoms. The zero-order valence-corrected chi connectivity index (χ0v) is 11.3. The standard InChI is InChI=1S/C12H17FN2O2S/c1-3-15(6-7-16)12(17)14-9-4-5-11(18-2)10(13)8-9/h4-5,8,16H,3,6-7H2,1-2H3,(H,14,17). The molecule has 2 N–H and O–H groups in total. The van der Waals surface area contributed by atoms with Gasteiger partial charge < -0.3 is 15.3 Å². The van der Waals surface area contributed by atoms with Crippen molar-refractivity contribution in [1.82, 2.24) is 4.90 Å². The smallest absolute Gasteiger partial charge is 0.321 e. The van der Waals surface area contributed by atoms with E-state index in [1.165, 1.54) is 22.7 Å². The summed E-state index contributed by atoms with van der Waals surface area (Å²) in [5, 5.41) is 11.4. The molecule has 0 saturated carbocycles. The molecule has 4 nitrogen and oxygen atoms in total. The molecule has 1 aromatic carbocycles. The quantitative estimate of drug-likeness (QED) is 0.809. The highest BCUT2D eigenvalue weighted by atomic mass is 32.2. The van der Waals surface area contributed by atoms with Gasteiger partial charge in [-0.25, -0.2) is 9.18 Å². The van der Waals surface area contributed by atoms with Crippen LogP contribution in [0.25, 0.3) is 0 Å². The number of likely N-dealkylation sites (N-methyl/N-ethyl adjacent to an activating group) is 1. The van der Waals surface area contributed by atoms with Crippen molar-refractivity contribution in [2.75, 3.05) is 31.3 Å². The second-order valence-corrected chi connectivity index (χ2v) is 4.43. The molecule has 2 amide bonds. The number of hydrogen-bond acceptors (Lipinski definition) is 3. The van der Waals surface area contributed by atoms with Crippen LogP contribution in [0.2, 0.25) is 0 Å². The lowest BCUT2D eigenvalue weighted by atomic mass is 10.3. The number of halogens is 1. The lowest BCUT2D eigenvalue weighted by Gasteiger charge is -2.20. The maximum atomic E-state index is 13.5. The summed E-state index contributed by atoms with van der Waals surface area (Å²) in [5.74, 6) is -0.356. The summed E-state index contributed by atoms with van der Waals surface area (Å²) in [5.41, 5.74) is 0.409. The van der Waals surface area contributed by atoms with Crippen LogP contribution in [-0.2, 0) is 0 Å². The van der Waals surface area contributed by atoms with E-state index in [2.05, 4.69) is 5.32 Å². The average Bonchev–Trinajstić information content (AvgIpc) is 2.36.